The number of hydrogen-bond acceptors (Lipinski definition) is 6. The molecule has 1 fully saturated rings. The summed E-state index contributed by atoms with van der Waals surface area (Å²) in [5, 5.41) is 5.90. The van der Waals surface area contributed by atoms with Gasteiger partial charge in [0.1, 0.15) is 12.4 Å². The fourth-order valence-electron chi connectivity index (χ4n) is 4.99. The summed E-state index contributed by atoms with van der Waals surface area (Å²) in [5.74, 6) is 0.707. The Bertz CT molecular complexity index is 1480. The minimum Gasteiger partial charge on any atom is -0.493 e. The Hall–Kier alpha value is -4.20. The van der Waals surface area contributed by atoms with E-state index in [1.807, 2.05) is 6.92 Å². The summed E-state index contributed by atoms with van der Waals surface area (Å²) in [7, 11) is 1.44. The number of alkyl halides is 6. The highest BCUT2D eigenvalue weighted by Gasteiger charge is 2.37. The number of methoxy groups -OCH3 is 1. The largest absolute Gasteiger partial charge is 0.493 e. The minimum atomic E-state index is -4.56. The van der Waals surface area contributed by atoms with Crippen LogP contribution in [0.1, 0.15) is 42.1 Å². The maximum absolute atomic E-state index is 13.6. The Morgan fingerprint density at radius 2 is 1.73 bits per heavy atom. The van der Waals surface area contributed by atoms with E-state index in [2.05, 4.69) is 15.6 Å². The zero-order valence-electron chi connectivity index (χ0n) is 24.9. The first-order valence-electron chi connectivity index (χ1n) is 14.1. The van der Waals surface area contributed by atoms with Gasteiger partial charge in [-0.2, -0.15) is 26.3 Å². The van der Waals surface area contributed by atoms with Crippen molar-refractivity contribution in [1.29, 1.82) is 0 Å². The number of halogens is 6. The molecular formula is C31H34F6N4O4. The Morgan fingerprint density at radius 3 is 2.40 bits per heavy atom. The SMILES string of the molecule is COc1cc(CN(C(=O)Nc2cccc(C(F)(F)F)c2)C2(C)CCNCC2)ccc1OCc1nccc(OCC(F)(F)F)c1C. The highest BCUT2D eigenvalue weighted by Crippen LogP contribution is 2.34. The quantitative estimate of drug-likeness (QED) is 0.230. The summed E-state index contributed by atoms with van der Waals surface area (Å²) in [6, 6.07) is 10.3. The summed E-state index contributed by atoms with van der Waals surface area (Å²) in [6.07, 6.45) is -6.46. The van der Waals surface area contributed by atoms with Crippen molar-refractivity contribution in [2.45, 2.75) is 57.7 Å². The van der Waals surface area contributed by atoms with Crippen molar-refractivity contribution in [2.75, 3.05) is 32.1 Å². The molecule has 8 nitrogen and oxygen atoms in total. The number of nitrogens with zero attached hydrogens (tertiary/aromatic N) is 2. The molecule has 45 heavy (non-hydrogen) atoms. The number of aromatic nitrogens is 1. The van der Waals surface area contributed by atoms with Gasteiger partial charge in [0, 0.05) is 29.5 Å². The van der Waals surface area contributed by atoms with Gasteiger partial charge in [0.05, 0.1) is 18.4 Å². The maximum atomic E-state index is 13.6. The molecule has 0 radical (unpaired) electrons. The molecule has 0 unspecified atom stereocenters. The van der Waals surface area contributed by atoms with Crippen molar-refractivity contribution in [2.24, 2.45) is 0 Å². The van der Waals surface area contributed by atoms with Crippen LogP contribution in [0.15, 0.2) is 54.7 Å². The predicted molar refractivity (Wildman–Crippen MR) is 154 cm³/mol. The molecule has 0 aliphatic carbocycles. The monoisotopic (exact) mass is 640 g/mol. The average molecular weight is 641 g/mol. The lowest BCUT2D eigenvalue weighted by molar-refractivity contribution is -0.153. The third kappa shape index (κ3) is 8.93. The number of piperidine rings is 1. The third-order valence-electron chi connectivity index (χ3n) is 7.60. The van der Waals surface area contributed by atoms with E-state index in [1.54, 1.807) is 30.0 Å². The number of anilines is 1. The van der Waals surface area contributed by atoms with Crippen LogP contribution in [0, 0.1) is 6.92 Å². The van der Waals surface area contributed by atoms with Crippen molar-refractivity contribution >= 4 is 11.7 Å². The number of nitrogens with one attached hydrogen (secondary N) is 2. The molecule has 4 rings (SSSR count). The van der Waals surface area contributed by atoms with Gasteiger partial charge in [0.25, 0.3) is 0 Å². The van der Waals surface area contributed by atoms with Gasteiger partial charge in [0.2, 0.25) is 0 Å². The molecule has 1 aromatic heterocycles. The van der Waals surface area contributed by atoms with E-state index in [4.69, 9.17) is 14.2 Å². The normalized spacial score (nSPS) is 14.9. The van der Waals surface area contributed by atoms with Crippen molar-refractivity contribution in [3.8, 4) is 17.2 Å². The number of hydrogen-bond donors (Lipinski definition) is 2. The Kier molecular flexibility index (Phi) is 10.4. The standard InChI is InChI=1S/C31H34F6N4O4/c1-20-24(39-12-9-25(20)45-19-30(32,33)34)18-44-26-8-7-21(15-27(26)43-3)17-41(29(2)10-13-38-14-11-29)28(42)40-23-6-4-5-22(16-23)31(35,36)37/h4-9,12,15-16,38H,10-11,13-14,17-19H2,1-3H3,(H,40,42). The Balaban J connectivity index is 1.52. The molecule has 0 atom stereocenters. The fourth-order valence-corrected chi connectivity index (χ4v) is 4.99. The second-order valence-electron chi connectivity index (χ2n) is 10.9. The average Bonchev–Trinajstić information content (AvgIpc) is 2.98. The highest BCUT2D eigenvalue weighted by atomic mass is 19.4. The van der Waals surface area contributed by atoms with Gasteiger partial charge in [-0.3, -0.25) is 4.98 Å². The van der Waals surface area contributed by atoms with E-state index in [1.165, 1.54) is 31.5 Å². The Labute approximate surface area is 256 Å². The summed E-state index contributed by atoms with van der Waals surface area (Å²) in [4.78, 5) is 19.4. The van der Waals surface area contributed by atoms with Crippen LogP contribution in [0.5, 0.6) is 17.2 Å². The lowest BCUT2D eigenvalue weighted by Crippen LogP contribution is -2.55. The molecular weight excluding hydrogens is 606 g/mol. The number of carbonyl (C=O) groups excluding carboxylic acids is 1. The van der Waals surface area contributed by atoms with Gasteiger partial charge >= 0.3 is 18.4 Å². The molecule has 2 N–H and O–H groups in total. The molecule has 0 spiro atoms. The first-order valence-corrected chi connectivity index (χ1v) is 14.1. The lowest BCUT2D eigenvalue weighted by atomic mass is 9.88. The second-order valence-corrected chi connectivity index (χ2v) is 10.9. The van der Waals surface area contributed by atoms with Crippen molar-refractivity contribution in [3.63, 3.8) is 0 Å². The number of benzene rings is 2. The molecule has 1 aliphatic heterocycles. The Morgan fingerprint density at radius 1 is 1.00 bits per heavy atom. The van der Waals surface area contributed by atoms with Crippen LogP contribution in [0.3, 0.4) is 0 Å². The van der Waals surface area contributed by atoms with Crippen LogP contribution in [0.4, 0.5) is 36.8 Å². The molecule has 1 saturated heterocycles. The zero-order valence-corrected chi connectivity index (χ0v) is 24.9. The molecule has 2 amide bonds. The molecule has 3 aromatic rings. The topological polar surface area (TPSA) is 85.0 Å². The van der Waals surface area contributed by atoms with Crippen LogP contribution in [-0.2, 0) is 19.3 Å². The smallest absolute Gasteiger partial charge is 0.422 e. The summed E-state index contributed by atoms with van der Waals surface area (Å²) in [6.45, 7) is 3.45. The van der Waals surface area contributed by atoms with Crippen LogP contribution < -0.4 is 24.8 Å². The summed E-state index contributed by atoms with van der Waals surface area (Å²) < 4.78 is 94.0. The van der Waals surface area contributed by atoms with Gasteiger partial charge in [0.15, 0.2) is 18.1 Å². The number of carbonyl (C=O) groups is 1. The van der Waals surface area contributed by atoms with E-state index >= 15 is 0 Å². The van der Waals surface area contributed by atoms with Crippen molar-refractivity contribution in [1.82, 2.24) is 15.2 Å². The van der Waals surface area contributed by atoms with Crippen LogP contribution in [0.2, 0.25) is 0 Å². The number of pyridine rings is 1. The van der Waals surface area contributed by atoms with Crippen LogP contribution in [0.25, 0.3) is 0 Å². The first-order chi connectivity index (χ1) is 21.2. The number of ether oxygens (including phenoxy) is 3. The number of amides is 2. The molecule has 0 bridgehead atoms. The maximum Gasteiger partial charge on any atom is 0.422 e. The van der Waals surface area contributed by atoms with Crippen molar-refractivity contribution < 1.29 is 45.3 Å². The van der Waals surface area contributed by atoms with Crippen molar-refractivity contribution in [3.05, 3.63) is 77.1 Å². The van der Waals surface area contributed by atoms with Gasteiger partial charge in [-0.05, 0) is 81.7 Å². The summed E-state index contributed by atoms with van der Waals surface area (Å²) in [5.41, 5.74) is 0.00522. The molecule has 2 heterocycles. The molecule has 1 aliphatic rings. The van der Waals surface area contributed by atoms with Crippen LogP contribution in [-0.4, -0.2) is 54.4 Å². The number of urea groups is 1. The van der Waals surface area contributed by atoms with Gasteiger partial charge < -0.3 is 29.7 Å². The predicted octanol–water partition coefficient (Wildman–Crippen LogP) is 7.11. The van der Waals surface area contributed by atoms with Crippen LogP contribution >= 0.6 is 0 Å². The molecule has 244 valence electrons. The van der Waals surface area contributed by atoms with E-state index in [0.717, 1.165) is 12.1 Å². The van der Waals surface area contributed by atoms with E-state index in [0.29, 0.717) is 54.3 Å². The number of rotatable bonds is 10. The zero-order chi connectivity index (χ0) is 32.8. The van der Waals surface area contributed by atoms with E-state index in [9.17, 15) is 31.1 Å². The molecule has 0 saturated carbocycles. The summed E-state index contributed by atoms with van der Waals surface area (Å²) >= 11 is 0. The van der Waals surface area contributed by atoms with E-state index in [-0.39, 0.29) is 24.6 Å². The second kappa shape index (κ2) is 13.8. The minimum absolute atomic E-state index is 0.0236. The first kappa shape index (κ1) is 33.7. The van der Waals surface area contributed by atoms with E-state index < -0.39 is 36.1 Å². The van der Waals surface area contributed by atoms with Gasteiger partial charge in [-0.25, -0.2) is 4.79 Å². The van der Waals surface area contributed by atoms with Gasteiger partial charge in [-0.1, -0.05) is 12.1 Å². The molecule has 14 heteroatoms. The highest BCUT2D eigenvalue weighted by molar-refractivity contribution is 5.90. The fraction of sp³-hybridized carbons (Fsp3) is 0.419. The van der Waals surface area contributed by atoms with Gasteiger partial charge in [-0.15, -0.1) is 0 Å². The lowest BCUT2D eigenvalue weighted by Gasteiger charge is -2.44. The third-order valence-corrected chi connectivity index (χ3v) is 7.60. The molecule has 2 aromatic carbocycles.